The van der Waals surface area contributed by atoms with E-state index in [1.165, 1.54) is 31.2 Å². The predicted molar refractivity (Wildman–Crippen MR) is 68.7 cm³/mol. The van der Waals surface area contributed by atoms with Crippen LogP contribution in [0.4, 0.5) is 0 Å². The van der Waals surface area contributed by atoms with Crippen molar-refractivity contribution in [3.63, 3.8) is 0 Å². The Balaban J connectivity index is 2.05. The molecule has 0 N–H and O–H groups in total. The highest BCUT2D eigenvalue weighted by molar-refractivity contribution is 5.98. The van der Waals surface area contributed by atoms with Crippen molar-refractivity contribution in [2.24, 2.45) is 5.10 Å². The third kappa shape index (κ3) is 3.09. The molecule has 2 nitrogen and oxygen atoms in total. The Hall–Kier alpha value is -1.31. The molecule has 1 heterocycles. The van der Waals surface area contributed by atoms with E-state index in [0.717, 1.165) is 18.8 Å². The Kier molecular flexibility index (Phi) is 3.97. The number of nitrogens with zero attached hydrogens (tertiary/aromatic N) is 2. The lowest BCUT2D eigenvalue weighted by molar-refractivity contribution is 0.301. The van der Waals surface area contributed by atoms with Gasteiger partial charge in [0.05, 0.1) is 5.71 Å². The van der Waals surface area contributed by atoms with Crippen molar-refractivity contribution in [3.8, 4) is 0 Å². The van der Waals surface area contributed by atoms with Gasteiger partial charge in [0.15, 0.2) is 0 Å². The molecular weight excluding hydrogens is 196 g/mol. The molecule has 1 aliphatic heterocycles. The summed E-state index contributed by atoms with van der Waals surface area (Å²) in [4.78, 5) is 0. The lowest BCUT2D eigenvalue weighted by atomic mass is 10.1. The molecule has 0 radical (unpaired) electrons. The molecule has 1 aromatic carbocycles. The molecular formula is C14H20N2. The summed E-state index contributed by atoms with van der Waals surface area (Å²) in [5.74, 6) is 0. The van der Waals surface area contributed by atoms with E-state index >= 15 is 0 Å². The molecule has 86 valence electrons. The molecule has 2 heteroatoms. The van der Waals surface area contributed by atoms with E-state index in [2.05, 4.69) is 36.2 Å². The Morgan fingerprint density at radius 3 is 2.25 bits per heavy atom. The first-order valence-corrected chi connectivity index (χ1v) is 6.22. The summed E-state index contributed by atoms with van der Waals surface area (Å²) in [6, 6.07) is 10.4. The normalized spacial score (nSPS) is 18.3. The van der Waals surface area contributed by atoms with Gasteiger partial charge in [0.25, 0.3) is 0 Å². The van der Waals surface area contributed by atoms with Crippen LogP contribution in [-0.4, -0.2) is 23.8 Å². The summed E-state index contributed by atoms with van der Waals surface area (Å²) in [6.45, 7) is 4.33. The third-order valence-electron chi connectivity index (χ3n) is 3.07. The SMILES string of the molecule is CC(=NN1CCCCCC1)c1ccccc1. The van der Waals surface area contributed by atoms with Gasteiger partial charge in [0.1, 0.15) is 0 Å². The van der Waals surface area contributed by atoms with E-state index in [9.17, 15) is 0 Å². The second-order valence-corrected chi connectivity index (χ2v) is 4.42. The Bertz CT molecular complexity index is 335. The van der Waals surface area contributed by atoms with Crippen LogP contribution in [0.1, 0.15) is 38.2 Å². The van der Waals surface area contributed by atoms with Gasteiger partial charge in [-0.1, -0.05) is 43.2 Å². The number of hydrogen-bond acceptors (Lipinski definition) is 2. The highest BCUT2D eigenvalue weighted by atomic mass is 15.4. The number of benzene rings is 1. The summed E-state index contributed by atoms with van der Waals surface area (Å²) < 4.78 is 0. The zero-order chi connectivity index (χ0) is 11.2. The molecule has 1 aliphatic rings. The summed E-state index contributed by atoms with van der Waals surface area (Å²) in [6.07, 6.45) is 5.28. The fraction of sp³-hybridized carbons (Fsp3) is 0.500. The van der Waals surface area contributed by atoms with Gasteiger partial charge in [0, 0.05) is 13.1 Å². The van der Waals surface area contributed by atoms with E-state index in [1.54, 1.807) is 0 Å². The van der Waals surface area contributed by atoms with Gasteiger partial charge in [-0.05, 0) is 25.3 Å². The second-order valence-electron chi connectivity index (χ2n) is 4.42. The Morgan fingerprint density at radius 1 is 1.00 bits per heavy atom. The van der Waals surface area contributed by atoms with Crippen molar-refractivity contribution in [1.29, 1.82) is 0 Å². The molecule has 1 aromatic rings. The quantitative estimate of drug-likeness (QED) is 0.693. The van der Waals surface area contributed by atoms with Crippen LogP contribution in [0.25, 0.3) is 0 Å². The second kappa shape index (κ2) is 5.69. The average Bonchev–Trinajstić information content (AvgIpc) is 2.59. The van der Waals surface area contributed by atoms with E-state index in [1.807, 2.05) is 6.07 Å². The number of hydrazone groups is 1. The lowest BCUT2D eigenvalue weighted by Gasteiger charge is -2.17. The van der Waals surface area contributed by atoms with E-state index in [-0.39, 0.29) is 0 Å². The van der Waals surface area contributed by atoms with Crippen molar-refractivity contribution in [2.75, 3.05) is 13.1 Å². The van der Waals surface area contributed by atoms with Crippen molar-refractivity contribution in [3.05, 3.63) is 35.9 Å². The largest absolute Gasteiger partial charge is 0.297 e. The van der Waals surface area contributed by atoms with Crippen molar-refractivity contribution in [1.82, 2.24) is 5.01 Å². The average molecular weight is 216 g/mol. The fourth-order valence-corrected chi connectivity index (χ4v) is 2.10. The van der Waals surface area contributed by atoms with Crippen LogP contribution in [0.2, 0.25) is 0 Å². The van der Waals surface area contributed by atoms with Crippen molar-refractivity contribution < 1.29 is 0 Å². The van der Waals surface area contributed by atoms with Crippen LogP contribution < -0.4 is 0 Å². The molecule has 1 fully saturated rings. The summed E-state index contributed by atoms with van der Waals surface area (Å²) in [5.41, 5.74) is 2.36. The van der Waals surface area contributed by atoms with Crippen molar-refractivity contribution in [2.45, 2.75) is 32.6 Å². The maximum atomic E-state index is 4.72. The van der Waals surface area contributed by atoms with Crippen LogP contribution in [0.3, 0.4) is 0 Å². The fourth-order valence-electron chi connectivity index (χ4n) is 2.10. The summed E-state index contributed by atoms with van der Waals surface area (Å²) in [7, 11) is 0. The number of hydrogen-bond donors (Lipinski definition) is 0. The molecule has 1 saturated heterocycles. The monoisotopic (exact) mass is 216 g/mol. The first kappa shape index (κ1) is 11.2. The minimum Gasteiger partial charge on any atom is -0.297 e. The minimum atomic E-state index is 1.12. The Morgan fingerprint density at radius 2 is 1.62 bits per heavy atom. The summed E-state index contributed by atoms with van der Waals surface area (Å²) in [5, 5.41) is 6.95. The van der Waals surface area contributed by atoms with Gasteiger partial charge < -0.3 is 0 Å². The molecule has 0 unspecified atom stereocenters. The minimum absolute atomic E-state index is 1.12. The van der Waals surface area contributed by atoms with Gasteiger partial charge in [-0.2, -0.15) is 5.10 Å². The predicted octanol–water partition coefficient (Wildman–Crippen LogP) is 3.29. The van der Waals surface area contributed by atoms with Crippen molar-refractivity contribution >= 4 is 5.71 Å². The molecule has 0 bridgehead atoms. The van der Waals surface area contributed by atoms with E-state index in [4.69, 9.17) is 5.10 Å². The van der Waals surface area contributed by atoms with Gasteiger partial charge in [0.2, 0.25) is 0 Å². The van der Waals surface area contributed by atoms with Crippen LogP contribution >= 0.6 is 0 Å². The zero-order valence-corrected chi connectivity index (χ0v) is 10.0. The van der Waals surface area contributed by atoms with Crippen LogP contribution in [-0.2, 0) is 0 Å². The first-order chi connectivity index (χ1) is 7.86. The van der Waals surface area contributed by atoms with Gasteiger partial charge in [-0.25, -0.2) is 0 Å². The molecule has 0 aliphatic carbocycles. The first-order valence-electron chi connectivity index (χ1n) is 6.22. The van der Waals surface area contributed by atoms with Gasteiger partial charge >= 0.3 is 0 Å². The topological polar surface area (TPSA) is 15.6 Å². The van der Waals surface area contributed by atoms with E-state index in [0.29, 0.717) is 0 Å². The third-order valence-corrected chi connectivity index (χ3v) is 3.07. The molecule has 16 heavy (non-hydrogen) atoms. The number of rotatable bonds is 2. The maximum Gasteiger partial charge on any atom is 0.0646 e. The van der Waals surface area contributed by atoms with Crippen LogP contribution in [0.5, 0.6) is 0 Å². The van der Waals surface area contributed by atoms with E-state index < -0.39 is 0 Å². The molecule has 0 spiro atoms. The molecule has 2 rings (SSSR count). The van der Waals surface area contributed by atoms with Gasteiger partial charge in [-0.3, -0.25) is 5.01 Å². The highest BCUT2D eigenvalue weighted by Crippen LogP contribution is 2.11. The van der Waals surface area contributed by atoms with Gasteiger partial charge in [-0.15, -0.1) is 0 Å². The Labute approximate surface area is 98.0 Å². The standard InChI is InChI=1S/C14H20N2/c1-13(14-9-5-4-6-10-14)15-16-11-7-2-3-8-12-16/h4-6,9-10H,2-3,7-8,11-12H2,1H3. The zero-order valence-electron chi connectivity index (χ0n) is 10.0. The lowest BCUT2D eigenvalue weighted by Crippen LogP contribution is -2.20. The smallest absolute Gasteiger partial charge is 0.0646 e. The highest BCUT2D eigenvalue weighted by Gasteiger charge is 2.06. The molecule has 0 aromatic heterocycles. The maximum absolute atomic E-state index is 4.72. The molecule has 0 amide bonds. The van der Waals surface area contributed by atoms with Crippen LogP contribution in [0.15, 0.2) is 35.4 Å². The molecule has 0 atom stereocenters. The molecule has 0 saturated carbocycles. The summed E-state index contributed by atoms with van der Waals surface area (Å²) >= 11 is 0. The van der Waals surface area contributed by atoms with Crippen LogP contribution in [0, 0.1) is 0 Å².